The Bertz CT molecular complexity index is 283. The van der Waals surface area contributed by atoms with Gasteiger partial charge in [-0.1, -0.05) is 0 Å². The predicted molar refractivity (Wildman–Crippen MR) is 47.1 cm³/mol. The molecule has 0 saturated heterocycles. The number of aryl methyl sites for hydroxylation is 1. The molecular formula is C6H10N4OS. The highest BCUT2D eigenvalue weighted by atomic mass is 32.1. The van der Waals surface area contributed by atoms with Crippen molar-refractivity contribution in [2.45, 2.75) is 13.5 Å². The van der Waals surface area contributed by atoms with Crippen molar-refractivity contribution in [1.82, 2.24) is 10.5 Å². The van der Waals surface area contributed by atoms with Gasteiger partial charge in [0.1, 0.15) is 5.01 Å². The molecule has 12 heavy (non-hydrogen) atoms. The molecule has 0 bridgehead atoms. The third-order valence-electron chi connectivity index (χ3n) is 1.17. The second-order valence-electron chi connectivity index (χ2n) is 2.18. The molecule has 1 rings (SSSR count). The number of hydrogen-bond donors (Lipinski definition) is 3. The molecule has 1 heterocycles. The van der Waals surface area contributed by atoms with E-state index in [1.165, 1.54) is 0 Å². The molecule has 0 saturated carbocycles. The quantitative estimate of drug-likeness (QED) is 0.351. The fourth-order valence-electron chi connectivity index (χ4n) is 0.663. The highest BCUT2D eigenvalue weighted by Gasteiger charge is 1.96. The normalized spacial score (nSPS) is 11.7. The summed E-state index contributed by atoms with van der Waals surface area (Å²) in [6, 6.07) is 0. The first-order valence-corrected chi connectivity index (χ1v) is 4.15. The standard InChI is InChI=1S/C6H10N4OS/c1-4-2-8-5(12-4)3-9-6(7)10-11/h2,11H,3H2,1H3,(H3,7,9,10). The number of nitrogens with two attached hydrogens (primary N) is 1. The lowest BCUT2D eigenvalue weighted by Crippen LogP contribution is -2.28. The molecule has 0 amide bonds. The number of hydrogen-bond acceptors (Lipinski definition) is 4. The molecule has 0 spiro atoms. The molecule has 0 aliphatic carbocycles. The van der Waals surface area contributed by atoms with Gasteiger partial charge in [-0.15, -0.1) is 11.3 Å². The molecule has 0 unspecified atom stereocenters. The van der Waals surface area contributed by atoms with Gasteiger partial charge in [-0.05, 0) is 6.92 Å². The second-order valence-corrected chi connectivity index (χ2v) is 3.50. The van der Waals surface area contributed by atoms with E-state index >= 15 is 0 Å². The van der Waals surface area contributed by atoms with Gasteiger partial charge >= 0.3 is 0 Å². The van der Waals surface area contributed by atoms with Gasteiger partial charge in [0, 0.05) is 11.1 Å². The van der Waals surface area contributed by atoms with E-state index in [9.17, 15) is 0 Å². The summed E-state index contributed by atoms with van der Waals surface area (Å²) in [7, 11) is 0. The summed E-state index contributed by atoms with van der Waals surface area (Å²) in [5.74, 6) is 0.00264. The topological polar surface area (TPSA) is 83.5 Å². The van der Waals surface area contributed by atoms with Crippen molar-refractivity contribution in [2.75, 3.05) is 0 Å². The Labute approximate surface area is 73.9 Å². The molecule has 0 radical (unpaired) electrons. The Morgan fingerprint density at radius 2 is 2.67 bits per heavy atom. The van der Waals surface area contributed by atoms with Crippen LogP contribution in [0.15, 0.2) is 11.2 Å². The number of hydroxylamine groups is 1. The fourth-order valence-corrected chi connectivity index (χ4v) is 1.37. The van der Waals surface area contributed by atoms with E-state index in [0.717, 1.165) is 9.88 Å². The Balaban J connectivity index is 2.53. The van der Waals surface area contributed by atoms with Gasteiger partial charge in [0.2, 0.25) is 5.96 Å². The fraction of sp³-hybridized carbons (Fsp3) is 0.333. The van der Waals surface area contributed by atoms with Gasteiger partial charge in [-0.3, -0.25) is 5.21 Å². The molecular weight excluding hydrogens is 176 g/mol. The molecule has 6 heteroatoms. The van der Waals surface area contributed by atoms with E-state index in [1.54, 1.807) is 23.0 Å². The molecule has 4 N–H and O–H groups in total. The Morgan fingerprint density at radius 1 is 1.92 bits per heavy atom. The number of guanidine groups is 1. The number of nitrogens with one attached hydrogen (secondary N) is 1. The van der Waals surface area contributed by atoms with Crippen molar-refractivity contribution in [2.24, 2.45) is 10.7 Å². The highest BCUT2D eigenvalue weighted by Crippen LogP contribution is 2.11. The first-order chi connectivity index (χ1) is 5.72. The number of aromatic nitrogens is 1. The SMILES string of the molecule is Cc1cnc(CN=C(N)NO)s1. The van der Waals surface area contributed by atoms with Gasteiger partial charge in [0.25, 0.3) is 0 Å². The molecule has 0 fully saturated rings. The predicted octanol–water partition coefficient (Wildman–Crippen LogP) is 0.245. The molecule has 66 valence electrons. The van der Waals surface area contributed by atoms with Crippen molar-refractivity contribution in [3.05, 3.63) is 16.1 Å². The minimum atomic E-state index is 0.00264. The molecule has 1 aromatic heterocycles. The molecule has 0 aromatic carbocycles. The largest absolute Gasteiger partial charge is 0.368 e. The minimum Gasteiger partial charge on any atom is -0.368 e. The lowest BCUT2D eigenvalue weighted by atomic mass is 10.6. The number of nitrogens with zero attached hydrogens (tertiary/aromatic N) is 2. The van der Waals surface area contributed by atoms with Crippen LogP contribution in [0.5, 0.6) is 0 Å². The summed E-state index contributed by atoms with van der Waals surface area (Å²) in [5.41, 5.74) is 6.94. The van der Waals surface area contributed by atoms with E-state index in [1.807, 2.05) is 6.92 Å². The van der Waals surface area contributed by atoms with Crippen LogP contribution in [0.2, 0.25) is 0 Å². The zero-order valence-electron chi connectivity index (χ0n) is 6.61. The smallest absolute Gasteiger partial charge is 0.213 e. The molecule has 5 nitrogen and oxygen atoms in total. The van der Waals surface area contributed by atoms with E-state index in [0.29, 0.717) is 6.54 Å². The summed E-state index contributed by atoms with van der Waals surface area (Å²) in [5, 5.41) is 9.18. The lowest BCUT2D eigenvalue weighted by molar-refractivity contribution is 0.232. The first-order valence-electron chi connectivity index (χ1n) is 3.33. The lowest BCUT2D eigenvalue weighted by Gasteiger charge is -1.94. The molecule has 0 aliphatic rings. The Morgan fingerprint density at radius 3 is 3.17 bits per heavy atom. The van der Waals surface area contributed by atoms with Gasteiger partial charge in [0.05, 0.1) is 6.54 Å². The van der Waals surface area contributed by atoms with E-state index in [-0.39, 0.29) is 5.96 Å². The van der Waals surface area contributed by atoms with Gasteiger partial charge in [-0.2, -0.15) is 0 Å². The van der Waals surface area contributed by atoms with Crippen LogP contribution < -0.4 is 11.2 Å². The van der Waals surface area contributed by atoms with Crippen LogP contribution in [0.3, 0.4) is 0 Å². The van der Waals surface area contributed by atoms with Crippen molar-refractivity contribution in [3.8, 4) is 0 Å². The zero-order valence-corrected chi connectivity index (χ0v) is 7.43. The average molecular weight is 186 g/mol. The van der Waals surface area contributed by atoms with Crippen LogP contribution >= 0.6 is 11.3 Å². The van der Waals surface area contributed by atoms with Gasteiger partial charge in [-0.25, -0.2) is 15.5 Å². The maximum Gasteiger partial charge on any atom is 0.213 e. The summed E-state index contributed by atoms with van der Waals surface area (Å²) in [6.07, 6.45) is 1.78. The van der Waals surface area contributed by atoms with Crippen LogP contribution in [0.4, 0.5) is 0 Å². The van der Waals surface area contributed by atoms with Gasteiger partial charge < -0.3 is 5.73 Å². The minimum absolute atomic E-state index is 0.00264. The Kier molecular flexibility index (Phi) is 3.01. The van der Waals surface area contributed by atoms with E-state index in [2.05, 4.69) is 9.98 Å². The van der Waals surface area contributed by atoms with Crippen molar-refractivity contribution in [3.63, 3.8) is 0 Å². The Hall–Kier alpha value is -1.14. The zero-order chi connectivity index (χ0) is 8.97. The second kappa shape index (κ2) is 4.03. The van der Waals surface area contributed by atoms with E-state index in [4.69, 9.17) is 10.9 Å². The highest BCUT2D eigenvalue weighted by molar-refractivity contribution is 7.11. The van der Waals surface area contributed by atoms with Crippen molar-refractivity contribution >= 4 is 17.3 Å². The van der Waals surface area contributed by atoms with Crippen molar-refractivity contribution in [1.29, 1.82) is 0 Å². The molecule has 0 aliphatic heterocycles. The van der Waals surface area contributed by atoms with Gasteiger partial charge in [0.15, 0.2) is 0 Å². The van der Waals surface area contributed by atoms with Crippen LogP contribution in [-0.4, -0.2) is 16.2 Å². The molecule has 1 aromatic rings. The van der Waals surface area contributed by atoms with Crippen LogP contribution in [-0.2, 0) is 6.54 Å². The van der Waals surface area contributed by atoms with E-state index < -0.39 is 0 Å². The third kappa shape index (κ3) is 2.48. The average Bonchev–Trinajstić information content (AvgIpc) is 2.47. The summed E-state index contributed by atoms with van der Waals surface area (Å²) >= 11 is 1.56. The summed E-state index contributed by atoms with van der Waals surface area (Å²) in [6.45, 7) is 2.37. The number of rotatable bonds is 2. The maximum absolute atomic E-state index is 8.30. The number of thiazole rings is 1. The summed E-state index contributed by atoms with van der Waals surface area (Å²) in [4.78, 5) is 9.01. The molecule has 0 atom stereocenters. The van der Waals surface area contributed by atoms with Crippen LogP contribution in [0.25, 0.3) is 0 Å². The maximum atomic E-state index is 8.30. The monoisotopic (exact) mass is 186 g/mol. The summed E-state index contributed by atoms with van der Waals surface area (Å²) < 4.78 is 0. The van der Waals surface area contributed by atoms with Crippen LogP contribution in [0.1, 0.15) is 9.88 Å². The third-order valence-corrected chi connectivity index (χ3v) is 2.07. The van der Waals surface area contributed by atoms with Crippen molar-refractivity contribution < 1.29 is 5.21 Å². The number of aliphatic imine (C=N–C) groups is 1. The van der Waals surface area contributed by atoms with Crippen LogP contribution in [0, 0.1) is 6.92 Å². The first kappa shape index (κ1) is 8.95.